The standard InChI is InChI=1S/C18H25F3N2O3S/c1-22-10-6-14(7-11-22)26-15-8-12-23(13-9-15)27(24,25)17-5-3-2-4-16(17)18(19,20)21/h2-5,14-15H,6-13H2,1H3. The quantitative estimate of drug-likeness (QED) is 0.772. The maximum Gasteiger partial charge on any atom is 0.417 e. The van der Waals surface area contributed by atoms with Gasteiger partial charge in [0, 0.05) is 26.2 Å². The number of sulfonamides is 1. The predicted molar refractivity (Wildman–Crippen MR) is 94.8 cm³/mol. The first-order valence-electron chi connectivity index (χ1n) is 9.18. The molecule has 2 heterocycles. The van der Waals surface area contributed by atoms with E-state index in [1.54, 1.807) is 0 Å². The summed E-state index contributed by atoms with van der Waals surface area (Å²) >= 11 is 0. The highest BCUT2D eigenvalue weighted by atomic mass is 32.2. The molecule has 2 aliphatic heterocycles. The molecule has 0 spiro atoms. The van der Waals surface area contributed by atoms with E-state index in [-0.39, 0.29) is 25.3 Å². The van der Waals surface area contributed by atoms with Gasteiger partial charge < -0.3 is 9.64 Å². The summed E-state index contributed by atoms with van der Waals surface area (Å²) in [5.41, 5.74) is -1.12. The minimum Gasteiger partial charge on any atom is -0.375 e. The van der Waals surface area contributed by atoms with E-state index in [9.17, 15) is 21.6 Å². The van der Waals surface area contributed by atoms with Gasteiger partial charge in [-0.2, -0.15) is 17.5 Å². The lowest BCUT2D eigenvalue weighted by molar-refractivity contribution is -0.139. The van der Waals surface area contributed by atoms with E-state index in [0.717, 1.165) is 42.4 Å². The van der Waals surface area contributed by atoms with Gasteiger partial charge in [-0.1, -0.05) is 12.1 Å². The molecule has 2 saturated heterocycles. The molecule has 0 saturated carbocycles. The van der Waals surface area contributed by atoms with Gasteiger partial charge >= 0.3 is 6.18 Å². The highest BCUT2D eigenvalue weighted by Crippen LogP contribution is 2.36. The second-order valence-corrected chi connectivity index (χ2v) is 9.14. The van der Waals surface area contributed by atoms with Crippen molar-refractivity contribution < 1.29 is 26.3 Å². The molecule has 152 valence electrons. The Kier molecular flexibility index (Phi) is 6.14. The molecule has 3 rings (SSSR count). The summed E-state index contributed by atoms with van der Waals surface area (Å²) in [4.78, 5) is 1.57. The Hall–Kier alpha value is -1.16. The highest BCUT2D eigenvalue weighted by Gasteiger charge is 2.39. The van der Waals surface area contributed by atoms with Crippen LogP contribution in [0.25, 0.3) is 0 Å². The number of hydrogen-bond donors (Lipinski definition) is 0. The lowest BCUT2D eigenvalue weighted by atomic mass is 10.1. The van der Waals surface area contributed by atoms with Crippen molar-refractivity contribution in [1.29, 1.82) is 0 Å². The van der Waals surface area contributed by atoms with Crippen LogP contribution in [-0.4, -0.2) is 63.1 Å². The smallest absolute Gasteiger partial charge is 0.375 e. The SMILES string of the molecule is CN1CCC(OC2CCN(S(=O)(=O)c3ccccc3C(F)(F)F)CC2)CC1. The van der Waals surface area contributed by atoms with Gasteiger partial charge in [-0.3, -0.25) is 0 Å². The van der Waals surface area contributed by atoms with Crippen LogP contribution in [0.3, 0.4) is 0 Å². The zero-order valence-electron chi connectivity index (χ0n) is 15.3. The van der Waals surface area contributed by atoms with Crippen LogP contribution in [0, 0.1) is 0 Å². The number of hydrogen-bond acceptors (Lipinski definition) is 4. The minimum atomic E-state index is -4.71. The molecule has 0 radical (unpaired) electrons. The number of rotatable bonds is 4. The van der Waals surface area contributed by atoms with E-state index in [1.165, 1.54) is 12.1 Å². The normalized spacial score (nSPS) is 22.2. The summed E-state index contributed by atoms with van der Waals surface area (Å²) in [7, 11) is -2.12. The summed E-state index contributed by atoms with van der Waals surface area (Å²) in [6.07, 6.45) is -1.66. The van der Waals surface area contributed by atoms with E-state index >= 15 is 0 Å². The number of alkyl halides is 3. The Bertz CT molecular complexity index is 738. The van der Waals surface area contributed by atoms with Gasteiger partial charge in [0.25, 0.3) is 0 Å². The van der Waals surface area contributed by atoms with Gasteiger partial charge in [-0.15, -0.1) is 0 Å². The summed E-state index contributed by atoms with van der Waals surface area (Å²) in [6, 6.07) is 4.35. The van der Waals surface area contributed by atoms with Gasteiger partial charge in [-0.05, 0) is 44.9 Å². The topological polar surface area (TPSA) is 49.9 Å². The Morgan fingerprint density at radius 3 is 2.04 bits per heavy atom. The number of benzene rings is 1. The van der Waals surface area contributed by atoms with E-state index in [0.29, 0.717) is 12.8 Å². The third-order valence-corrected chi connectivity index (χ3v) is 7.22. The predicted octanol–water partition coefficient (Wildman–Crippen LogP) is 2.97. The van der Waals surface area contributed by atoms with Crippen LogP contribution in [-0.2, 0) is 20.9 Å². The molecule has 0 bridgehead atoms. The molecule has 0 unspecified atom stereocenters. The first-order valence-corrected chi connectivity index (χ1v) is 10.6. The Labute approximate surface area is 158 Å². The van der Waals surface area contributed by atoms with Crippen molar-refractivity contribution in [3.63, 3.8) is 0 Å². The largest absolute Gasteiger partial charge is 0.417 e. The van der Waals surface area contributed by atoms with Crippen molar-refractivity contribution in [2.75, 3.05) is 33.2 Å². The van der Waals surface area contributed by atoms with Gasteiger partial charge in [0.1, 0.15) is 0 Å². The number of piperidine rings is 2. The molecular formula is C18H25F3N2O3S. The summed E-state index contributed by atoms with van der Waals surface area (Å²) < 4.78 is 72.3. The first kappa shape index (κ1) is 20.6. The second-order valence-electron chi connectivity index (χ2n) is 7.24. The zero-order valence-corrected chi connectivity index (χ0v) is 16.1. The van der Waals surface area contributed by atoms with Crippen molar-refractivity contribution in [3.05, 3.63) is 29.8 Å². The number of halogens is 3. The fraction of sp³-hybridized carbons (Fsp3) is 0.667. The average molecular weight is 406 g/mol. The fourth-order valence-electron chi connectivity index (χ4n) is 3.67. The summed E-state index contributed by atoms with van der Waals surface area (Å²) in [5.74, 6) is 0. The molecule has 2 aliphatic rings. The number of ether oxygens (including phenoxy) is 1. The Morgan fingerprint density at radius 1 is 0.963 bits per heavy atom. The minimum absolute atomic E-state index is 0.0392. The molecule has 1 aromatic rings. The molecule has 0 N–H and O–H groups in total. The molecule has 5 nitrogen and oxygen atoms in total. The Balaban J connectivity index is 1.64. The van der Waals surface area contributed by atoms with Crippen LogP contribution in [0.4, 0.5) is 13.2 Å². The molecular weight excluding hydrogens is 381 g/mol. The molecule has 0 amide bonds. The number of likely N-dealkylation sites (tertiary alicyclic amines) is 1. The fourth-order valence-corrected chi connectivity index (χ4v) is 5.35. The van der Waals surface area contributed by atoms with Crippen LogP contribution in [0.5, 0.6) is 0 Å². The molecule has 2 fully saturated rings. The Morgan fingerprint density at radius 2 is 1.48 bits per heavy atom. The molecule has 0 aromatic heterocycles. The average Bonchev–Trinajstić information content (AvgIpc) is 2.63. The molecule has 1 aromatic carbocycles. The monoisotopic (exact) mass is 406 g/mol. The van der Waals surface area contributed by atoms with Crippen molar-refractivity contribution in [2.45, 2.75) is 49.0 Å². The van der Waals surface area contributed by atoms with Gasteiger partial charge in [0.05, 0.1) is 22.7 Å². The van der Waals surface area contributed by atoms with Gasteiger partial charge in [0.15, 0.2) is 0 Å². The van der Waals surface area contributed by atoms with Crippen LogP contribution >= 0.6 is 0 Å². The summed E-state index contributed by atoms with van der Waals surface area (Å²) in [6.45, 7) is 2.30. The molecule has 9 heteroatoms. The third-order valence-electron chi connectivity index (χ3n) is 5.26. The van der Waals surface area contributed by atoms with Gasteiger partial charge in [0.2, 0.25) is 10.0 Å². The molecule has 0 atom stereocenters. The first-order chi connectivity index (χ1) is 12.7. The highest BCUT2D eigenvalue weighted by molar-refractivity contribution is 7.89. The van der Waals surface area contributed by atoms with E-state index in [2.05, 4.69) is 11.9 Å². The molecule has 0 aliphatic carbocycles. The number of nitrogens with zero attached hydrogens (tertiary/aromatic N) is 2. The van der Waals surface area contributed by atoms with Crippen molar-refractivity contribution in [3.8, 4) is 0 Å². The maximum atomic E-state index is 13.2. The van der Waals surface area contributed by atoms with Gasteiger partial charge in [-0.25, -0.2) is 8.42 Å². The lowest BCUT2D eigenvalue weighted by Crippen LogP contribution is -2.43. The second kappa shape index (κ2) is 8.06. The van der Waals surface area contributed by atoms with Crippen molar-refractivity contribution >= 4 is 10.0 Å². The lowest BCUT2D eigenvalue weighted by Gasteiger charge is -2.36. The summed E-state index contributed by atoms with van der Waals surface area (Å²) in [5, 5.41) is 0. The van der Waals surface area contributed by atoms with E-state index in [1.807, 2.05) is 0 Å². The molecule has 27 heavy (non-hydrogen) atoms. The van der Waals surface area contributed by atoms with Crippen molar-refractivity contribution in [1.82, 2.24) is 9.21 Å². The van der Waals surface area contributed by atoms with E-state index in [4.69, 9.17) is 4.74 Å². The van der Waals surface area contributed by atoms with Crippen LogP contribution in [0.2, 0.25) is 0 Å². The van der Waals surface area contributed by atoms with Crippen LogP contribution in [0.15, 0.2) is 29.2 Å². The third kappa shape index (κ3) is 4.82. The van der Waals surface area contributed by atoms with Crippen LogP contribution in [0.1, 0.15) is 31.2 Å². The maximum absolute atomic E-state index is 13.2. The van der Waals surface area contributed by atoms with E-state index < -0.39 is 26.7 Å². The van der Waals surface area contributed by atoms with Crippen molar-refractivity contribution in [2.24, 2.45) is 0 Å². The van der Waals surface area contributed by atoms with Crippen LogP contribution < -0.4 is 0 Å². The zero-order chi connectivity index (χ0) is 19.7.